The normalized spacial score (nSPS) is 12.6. The van der Waals surface area contributed by atoms with Gasteiger partial charge in [-0.2, -0.15) is 0 Å². The Morgan fingerprint density at radius 2 is 2.25 bits per heavy atom. The molecule has 0 aliphatic carbocycles. The summed E-state index contributed by atoms with van der Waals surface area (Å²) < 4.78 is 1.99. The number of hydrogen-bond acceptors (Lipinski definition) is 1. The van der Waals surface area contributed by atoms with Gasteiger partial charge in [-0.25, -0.2) is 4.79 Å². The van der Waals surface area contributed by atoms with Gasteiger partial charge in [-0.15, -0.1) is 0 Å². The molecule has 1 aromatic heterocycles. The van der Waals surface area contributed by atoms with Crippen LogP contribution in [0, 0.1) is 5.92 Å². The molecule has 1 heterocycles. The molecule has 0 fully saturated rings. The Kier molecular flexibility index (Phi) is 5.09. The Bertz CT molecular complexity index is 330. The first kappa shape index (κ1) is 12.8. The van der Waals surface area contributed by atoms with E-state index in [1.807, 2.05) is 10.8 Å². The second-order valence-corrected chi connectivity index (χ2v) is 4.32. The monoisotopic (exact) mass is 223 g/mol. The zero-order valence-corrected chi connectivity index (χ0v) is 10.1. The number of carbonyl (C=O) groups is 1. The molecule has 3 heteroatoms. The Morgan fingerprint density at radius 1 is 1.50 bits per heavy atom. The summed E-state index contributed by atoms with van der Waals surface area (Å²) in [6.07, 6.45) is 8.44. The highest BCUT2D eigenvalue weighted by Gasteiger charge is 2.09. The van der Waals surface area contributed by atoms with Crippen molar-refractivity contribution in [3.63, 3.8) is 0 Å². The van der Waals surface area contributed by atoms with Gasteiger partial charge in [0.15, 0.2) is 0 Å². The van der Waals surface area contributed by atoms with Crippen molar-refractivity contribution in [2.45, 2.75) is 46.1 Å². The van der Waals surface area contributed by atoms with E-state index in [0.717, 1.165) is 13.0 Å². The molecule has 3 nitrogen and oxygen atoms in total. The van der Waals surface area contributed by atoms with Crippen LogP contribution in [-0.2, 0) is 6.54 Å². The molecule has 0 spiro atoms. The van der Waals surface area contributed by atoms with Gasteiger partial charge in [0.05, 0.1) is 5.56 Å². The SMILES string of the molecule is CCCCC(CC)Cn1ccc(C(=O)O)c1. The zero-order valence-electron chi connectivity index (χ0n) is 10.1. The number of carboxylic acids is 1. The van der Waals surface area contributed by atoms with E-state index < -0.39 is 5.97 Å². The van der Waals surface area contributed by atoms with Gasteiger partial charge in [0.2, 0.25) is 0 Å². The number of carboxylic acid groups (broad SMARTS) is 1. The van der Waals surface area contributed by atoms with E-state index in [9.17, 15) is 4.79 Å². The zero-order chi connectivity index (χ0) is 12.0. The number of rotatable bonds is 7. The first-order valence-electron chi connectivity index (χ1n) is 6.06. The second kappa shape index (κ2) is 6.36. The van der Waals surface area contributed by atoms with Crippen molar-refractivity contribution in [1.29, 1.82) is 0 Å². The van der Waals surface area contributed by atoms with Crippen LogP contribution in [0.5, 0.6) is 0 Å². The van der Waals surface area contributed by atoms with Crippen LogP contribution in [-0.4, -0.2) is 15.6 Å². The summed E-state index contributed by atoms with van der Waals surface area (Å²) in [6, 6.07) is 1.66. The topological polar surface area (TPSA) is 42.2 Å². The first-order valence-corrected chi connectivity index (χ1v) is 6.06. The van der Waals surface area contributed by atoms with E-state index in [-0.39, 0.29) is 0 Å². The lowest BCUT2D eigenvalue weighted by atomic mass is 9.99. The van der Waals surface area contributed by atoms with E-state index in [1.165, 1.54) is 19.3 Å². The van der Waals surface area contributed by atoms with Crippen LogP contribution in [0.2, 0.25) is 0 Å². The predicted molar refractivity (Wildman–Crippen MR) is 64.7 cm³/mol. The number of aromatic carboxylic acids is 1. The molecule has 0 aliphatic heterocycles. The van der Waals surface area contributed by atoms with E-state index in [4.69, 9.17) is 5.11 Å². The van der Waals surface area contributed by atoms with Gasteiger partial charge >= 0.3 is 5.97 Å². The number of unbranched alkanes of at least 4 members (excludes halogenated alkanes) is 1. The molecule has 90 valence electrons. The Morgan fingerprint density at radius 3 is 2.75 bits per heavy atom. The maximum Gasteiger partial charge on any atom is 0.337 e. The smallest absolute Gasteiger partial charge is 0.337 e. The van der Waals surface area contributed by atoms with Crippen molar-refractivity contribution >= 4 is 5.97 Å². The molecule has 1 N–H and O–H groups in total. The fraction of sp³-hybridized carbons (Fsp3) is 0.615. The lowest BCUT2D eigenvalue weighted by Crippen LogP contribution is -2.08. The minimum atomic E-state index is -0.847. The van der Waals surface area contributed by atoms with Crippen LogP contribution in [0.3, 0.4) is 0 Å². The summed E-state index contributed by atoms with van der Waals surface area (Å²) in [6.45, 7) is 5.33. The first-order chi connectivity index (χ1) is 7.67. The summed E-state index contributed by atoms with van der Waals surface area (Å²) in [5.74, 6) is -0.186. The predicted octanol–water partition coefficient (Wildman–Crippen LogP) is 3.40. The fourth-order valence-electron chi connectivity index (χ4n) is 1.90. The summed E-state index contributed by atoms with van der Waals surface area (Å²) in [4.78, 5) is 10.7. The third-order valence-corrected chi connectivity index (χ3v) is 3.01. The second-order valence-electron chi connectivity index (χ2n) is 4.32. The van der Waals surface area contributed by atoms with Gasteiger partial charge < -0.3 is 9.67 Å². The summed E-state index contributed by atoms with van der Waals surface area (Å²) in [5, 5.41) is 8.82. The number of aromatic nitrogens is 1. The highest BCUT2D eigenvalue weighted by Crippen LogP contribution is 2.15. The lowest BCUT2D eigenvalue weighted by molar-refractivity contribution is 0.0697. The quantitative estimate of drug-likeness (QED) is 0.769. The molecular weight excluding hydrogens is 202 g/mol. The van der Waals surface area contributed by atoms with Gasteiger partial charge in [-0.1, -0.05) is 33.1 Å². The maximum atomic E-state index is 10.7. The molecule has 16 heavy (non-hydrogen) atoms. The van der Waals surface area contributed by atoms with Gasteiger partial charge in [0, 0.05) is 18.9 Å². The molecule has 0 radical (unpaired) electrons. The molecule has 1 rings (SSSR count). The maximum absolute atomic E-state index is 10.7. The Hall–Kier alpha value is -1.25. The summed E-state index contributed by atoms with van der Waals surface area (Å²) in [7, 11) is 0. The minimum Gasteiger partial charge on any atom is -0.478 e. The summed E-state index contributed by atoms with van der Waals surface area (Å²) >= 11 is 0. The van der Waals surface area contributed by atoms with Crippen LogP contribution in [0.1, 0.15) is 49.9 Å². The number of hydrogen-bond donors (Lipinski definition) is 1. The standard InChI is InChI=1S/C13H21NO2/c1-3-5-6-11(4-2)9-14-8-7-12(10-14)13(15)16/h7-8,10-11H,3-6,9H2,1-2H3,(H,15,16). The fourth-order valence-corrected chi connectivity index (χ4v) is 1.90. The van der Waals surface area contributed by atoms with Crippen molar-refractivity contribution in [2.24, 2.45) is 5.92 Å². The van der Waals surface area contributed by atoms with Gasteiger partial charge in [0.25, 0.3) is 0 Å². The van der Waals surface area contributed by atoms with E-state index in [1.54, 1.807) is 12.3 Å². The molecule has 0 aliphatic rings. The third kappa shape index (κ3) is 3.72. The van der Waals surface area contributed by atoms with Crippen molar-refractivity contribution in [3.05, 3.63) is 24.0 Å². The van der Waals surface area contributed by atoms with Gasteiger partial charge in [-0.05, 0) is 18.4 Å². The lowest BCUT2D eigenvalue weighted by Gasteiger charge is -2.14. The largest absolute Gasteiger partial charge is 0.478 e. The molecular formula is C13H21NO2. The highest BCUT2D eigenvalue weighted by atomic mass is 16.4. The van der Waals surface area contributed by atoms with Crippen LogP contribution in [0.25, 0.3) is 0 Å². The van der Waals surface area contributed by atoms with Crippen molar-refractivity contribution in [3.8, 4) is 0 Å². The van der Waals surface area contributed by atoms with Crippen LogP contribution >= 0.6 is 0 Å². The van der Waals surface area contributed by atoms with Crippen LogP contribution in [0.15, 0.2) is 18.5 Å². The van der Waals surface area contributed by atoms with Gasteiger partial charge in [-0.3, -0.25) is 0 Å². The van der Waals surface area contributed by atoms with Crippen molar-refractivity contribution < 1.29 is 9.90 Å². The van der Waals surface area contributed by atoms with Crippen LogP contribution < -0.4 is 0 Å². The molecule has 0 aromatic carbocycles. The molecule has 0 saturated carbocycles. The highest BCUT2D eigenvalue weighted by molar-refractivity contribution is 5.87. The third-order valence-electron chi connectivity index (χ3n) is 3.01. The number of nitrogens with zero attached hydrogens (tertiary/aromatic N) is 1. The molecule has 1 aromatic rings. The Labute approximate surface area is 97.1 Å². The van der Waals surface area contributed by atoms with Crippen molar-refractivity contribution in [2.75, 3.05) is 0 Å². The molecule has 1 unspecified atom stereocenters. The van der Waals surface area contributed by atoms with Crippen molar-refractivity contribution in [1.82, 2.24) is 4.57 Å². The van der Waals surface area contributed by atoms with E-state index in [2.05, 4.69) is 13.8 Å². The Balaban J connectivity index is 2.52. The van der Waals surface area contributed by atoms with Crippen LogP contribution in [0.4, 0.5) is 0 Å². The average Bonchev–Trinajstić information content (AvgIpc) is 2.72. The molecule has 0 saturated heterocycles. The molecule has 0 bridgehead atoms. The van der Waals surface area contributed by atoms with E-state index >= 15 is 0 Å². The average molecular weight is 223 g/mol. The summed E-state index contributed by atoms with van der Waals surface area (Å²) in [5.41, 5.74) is 0.380. The molecule has 0 amide bonds. The minimum absolute atomic E-state index is 0.380. The van der Waals surface area contributed by atoms with Gasteiger partial charge in [0.1, 0.15) is 0 Å². The van der Waals surface area contributed by atoms with E-state index in [0.29, 0.717) is 11.5 Å². The molecule has 1 atom stereocenters.